The monoisotopic (exact) mass is 359 g/mol. The maximum atomic E-state index is 6.26. The number of rotatable bonds is 5. The number of aryl methyl sites for hydroxylation is 1. The van der Waals surface area contributed by atoms with Crippen LogP contribution in [0.3, 0.4) is 0 Å². The Morgan fingerprint density at radius 2 is 1.83 bits per heavy atom. The van der Waals surface area contributed by atoms with E-state index in [9.17, 15) is 0 Å². The van der Waals surface area contributed by atoms with Gasteiger partial charge in [-0.05, 0) is 18.9 Å². The van der Waals surface area contributed by atoms with Gasteiger partial charge in [-0.2, -0.15) is 0 Å². The first-order chi connectivity index (χ1) is 11.7. The Kier molecular flexibility index (Phi) is 5.45. The van der Waals surface area contributed by atoms with Crippen LogP contribution in [0.2, 0.25) is 0 Å². The highest BCUT2D eigenvalue weighted by molar-refractivity contribution is 7.75. The molecule has 0 bridgehead atoms. The van der Waals surface area contributed by atoms with Gasteiger partial charge in [0.25, 0.3) is 0 Å². The summed E-state index contributed by atoms with van der Waals surface area (Å²) in [5.74, 6) is 0. The van der Waals surface area contributed by atoms with E-state index < -0.39 is 0 Å². The zero-order valence-electron chi connectivity index (χ0n) is 14.3. The fourth-order valence-corrected chi connectivity index (χ4v) is 4.22. The van der Waals surface area contributed by atoms with Crippen LogP contribution in [0.1, 0.15) is 31.4 Å². The second kappa shape index (κ2) is 7.57. The molecule has 0 saturated heterocycles. The number of hydrazine groups is 2. The van der Waals surface area contributed by atoms with Crippen LogP contribution < -0.4 is 15.8 Å². The summed E-state index contributed by atoms with van der Waals surface area (Å²) < 4.78 is 0. The molecule has 3 rings (SSSR count). The molecule has 0 amide bonds. The summed E-state index contributed by atoms with van der Waals surface area (Å²) in [6.07, 6.45) is 2.15. The number of nitrogens with zero attached hydrogens (tertiary/aromatic N) is 2. The van der Waals surface area contributed by atoms with Crippen molar-refractivity contribution in [2.24, 2.45) is 0 Å². The van der Waals surface area contributed by atoms with Crippen LogP contribution in [0.25, 0.3) is 5.70 Å². The van der Waals surface area contributed by atoms with E-state index in [0.29, 0.717) is 0 Å². The SMILES string of the molecule is CCCc1cccc(PCl)c1N1NN(C)C(c2ccccc2)=C1C. The summed E-state index contributed by atoms with van der Waals surface area (Å²) in [4.78, 5) is 0. The molecule has 1 N–H and O–H groups in total. The van der Waals surface area contributed by atoms with Gasteiger partial charge in [0.05, 0.1) is 17.1 Å². The van der Waals surface area contributed by atoms with E-state index in [2.05, 4.69) is 78.9 Å². The van der Waals surface area contributed by atoms with Crippen LogP contribution in [-0.4, -0.2) is 12.1 Å². The lowest BCUT2D eigenvalue weighted by Gasteiger charge is -2.26. The van der Waals surface area contributed by atoms with Gasteiger partial charge in [-0.3, -0.25) is 10.0 Å². The number of para-hydroxylation sites is 1. The first kappa shape index (κ1) is 17.3. The van der Waals surface area contributed by atoms with E-state index in [1.807, 2.05) is 6.07 Å². The summed E-state index contributed by atoms with van der Waals surface area (Å²) >= 11 is 6.26. The average molecular weight is 360 g/mol. The zero-order valence-corrected chi connectivity index (χ0v) is 16.1. The first-order valence-corrected chi connectivity index (χ1v) is 10.2. The highest BCUT2D eigenvalue weighted by Crippen LogP contribution is 2.35. The molecule has 0 radical (unpaired) electrons. The van der Waals surface area contributed by atoms with Gasteiger partial charge < -0.3 is 0 Å². The Morgan fingerprint density at radius 1 is 1.08 bits per heavy atom. The standard InChI is InChI=1S/C19H23ClN3P/c1-4-9-15-12-8-13-17(24-20)19(15)23-14(2)18(22(3)21-23)16-10-6-5-7-11-16/h5-8,10-13,21,24H,4,9H2,1-3H3. The van der Waals surface area contributed by atoms with E-state index >= 15 is 0 Å². The molecule has 0 spiro atoms. The van der Waals surface area contributed by atoms with E-state index in [-0.39, 0.29) is 7.93 Å². The zero-order chi connectivity index (χ0) is 17.1. The minimum atomic E-state index is 0.246. The molecule has 3 nitrogen and oxygen atoms in total. The predicted octanol–water partition coefficient (Wildman–Crippen LogP) is 4.66. The van der Waals surface area contributed by atoms with Gasteiger partial charge in [-0.1, -0.05) is 73.1 Å². The molecule has 0 saturated carbocycles. The highest BCUT2D eigenvalue weighted by Gasteiger charge is 2.28. The van der Waals surface area contributed by atoms with Crippen molar-refractivity contribution in [1.82, 2.24) is 10.5 Å². The molecule has 1 aliphatic rings. The van der Waals surface area contributed by atoms with Crippen molar-refractivity contribution >= 4 is 35.9 Å². The lowest BCUT2D eigenvalue weighted by molar-refractivity contribution is 0.374. The number of halogens is 1. The van der Waals surface area contributed by atoms with Gasteiger partial charge in [0.2, 0.25) is 0 Å². The van der Waals surface area contributed by atoms with E-state index in [1.54, 1.807) is 0 Å². The van der Waals surface area contributed by atoms with Crippen molar-refractivity contribution in [3.8, 4) is 0 Å². The molecule has 0 aromatic heterocycles. The Hall–Kier alpha value is -1.54. The van der Waals surface area contributed by atoms with Crippen molar-refractivity contribution in [2.75, 3.05) is 12.1 Å². The van der Waals surface area contributed by atoms with Crippen LogP contribution >= 0.6 is 19.2 Å². The van der Waals surface area contributed by atoms with Crippen molar-refractivity contribution < 1.29 is 0 Å². The Bertz CT molecular complexity index is 746. The lowest BCUT2D eigenvalue weighted by atomic mass is 10.1. The molecule has 1 atom stereocenters. The number of hydrogen-bond acceptors (Lipinski definition) is 3. The van der Waals surface area contributed by atoms with Crippen LogP contribution in [-0.2, 0) is 6.42 Å². The second-order valence-corrected chi connectivity index (χ2v) is 7.25. The minimum absolute atomic E-state index is 0.246. The summed E-state index contributed by atoms with van der Waals surface area (Å²) in [5.41, 5.74) is 9.58. The van der Waals surface area contributed by atoms with Gasteiger partial charge in [0, 0.05) is 25.8 Å². The van der Waals surface area contributed by atoms with Gasteiger partial charge in [0.15, 0.2) is 0 Å². The van der Waals surface area contributed by atoms with Gasteiger partial charge in [-0.25, -0.2) is 0 Å². The summed E-state index contributed by atoms with van der Waals surface area (Å²) in [6.45, 7) is 4.36. The van der Waals surface area contributed by atoms with Crippen molar-refractivity contribution in [2.45, 2.75) is 26.7 Å². The fraction of sp³-hybridized carbons (Fsp3) is 0.263. The molecule has 1 unspecified atom stereocenters. The van der Waals surface area contributed by atoms with Crippen LogP contribution in [0, 0.1) is 0 Å². The molecule has 24 heavy (non-hydrogen) atoms. The fourth-order valence-electron chi connectivity index (χ4n) is 3.24. The third-order valence-corrected chi connectivity index (χ3v) is 5.49. The number of allylic oxidation sites excluding steroid dienone is 1. The van der Waals surface area contributed by atoms with Crippen molar-refractivity contribution in [3.05, 3.63) is 65.4 Å². The summed E-state index contributed by atoms with van der Waals surface area (Å²) in [6, 6.07) is 16.9. The Labute approximate surface area is 150 Å². The number of anilines is 1. The Balaban J connectivity index is 2.10. The molecule has 1 aliphatic heterocycles. The summed E-state index contributed by atoms with van der Waals surface area (Å²) in [7, 11) is 2.30. The topological polar surface area (TPSA) is 18.5 Å². The van der Waals surface area contributed by atoms with Gasteiger partial charge in [-0.15, -0.1) is 5.53 Å². The third kappa shape index (κ3) is 3.17. The molecular formula is C19H23ClN3P. The van der Waals surface area contributed by atoms with Crippen molar-refractivity contribution in [1.29, 1.82) is 0 Å². The quantitative estimate of drug-likeness (QED) is 0.783. The average Bonchev–Trinajstić information content (AvgIpc) is 2.90. The normalized spacial score (nSPS) is 15.2. The molecular weight excluding hydrogens is 337 g/mol. The lowest BCUT2D eigenvalue weighted by Crippen LogP contribution is -2.41. The number of nitrogens with one attached hydrogen (secondary N) is 1. The molecule has 2 aromatic rings. The largest absolute Gasteiger partial charge is 0.291 e. The van der Waals surface area contributed by atoms with E-state index in [1.165, 1.54) is 33.5 Å². The van der Waals surface area contributed by atoms with Gasteiger partial charge in [0.1, 0.15) is 0 Å². The minimum Gasteiger partial charge on any atom is -0.291 e. The molecule has 2 aromatic carbocycles. The van der Waals surface area contributed by atoms with Crippen LogP contribution in [0.5, 0.6) is 0 Å². The molecule has 1 heterocycles. The maximum Gasteiger partial charge on any atom is 0.0814 e. The maximum absolute atomic E-state index is 6.26. The van der Waals surface area contributed by atoms with E-state index in [4.69, 9.17) is 11.2 Å². The molecule has 5 heteroatoms. The smallest absolute Gasteiger partial charge is 0.0814 e. The second-order valence-electron chi connectivity index (χ2n) is 5.95. The third-order valence-electron chi connectivity index (χ3n) is 4.28. The molecule has 126 valence electrons. The predicted molar refractivity (Wildman–Crippen MR) is 107 cm³/mol. The highest BCUT2D eigenvalue weighted by atomic mass is 35.7. The molecule has 0 fully saturated rings. The molecule has 0 aliphatic carbocycles. The van der Waals surface area contributed by atoms with Crippen molar-refractivity contribution in [3.63, 3.8) is 0 Å². The summed E-state index contributed by atoms with van der Waals surface area (Å²) in [5, 5.41) is 5.43. The van der Waals surface area contributed by atoms with Crippen LogP contribution in [0.15, 0.2) is 54.2 Å². The Morgan fingerprint density at radius 3 is 2.50 bits per heavy atom. The van der Waals surface area contributed by atoms with Crippen LogP contribution in [0.4, 0.5) is 5.69 Å². The van der Waals surface area contributed by atoms with E-state index in [0.717, 1.165) is 12.8 Å². The number of hydrogen-bond donors (Lipinski definition) is 1. The van der Waals surface area contributed by atoms with Gasteiger partial charge >= 0.3 is 0 Å². The number of benzene rings is 2. The first-order valence-electron chi connectivity index (χ1n) is 8.22.